The molecule has 0 fully saturated rings. The van der Waals surface area contributed by atoms with Crippen molar-refractivity contribution in [2.45, 2.75) is 33.2 Å². The third-order valence-corrected chi connectivity index (χ3v) is 2.04. The molecule has 0 aromatic rings. The van der Waals surface area contributed by atoms with Crippen LogP contribution in [-0.4, -0.2) is 39.5 Å². The summed E-state index contributed by atoms with van der Waals surface area (Å²) in [6.45, 7) is 9.46. The summed E-state index contributed by atoms with van der Waals surface area (Å²) >= 11 is 0. The van der Waals surface area contributed by atoms with Crippen molar-refractivity contribution in [1.29, 1.82) is 0 Å². The SMILES string of the molecule is CCC(COCCOCC(C)C)NC. The minimum Gasteiger partial charge on any atom is -0.379 e. The number of rotatable bonds is 9. The molecule has 14 heavy (non-hydrogen) atoms. The summed E-state index contributed by atoms with van der Waals surface area (Å²) in [5.41, 5.74) is 0. The lowest BCUT2D eigenvalue weighted by atomic mass is 10.2. The average Bonchev–Trinajstić information content (AvgIpc) is 2.16. The molecule has 1 N–H and O–H groups in total. The number of nitrogens with one attached hydrogen (secondary N) is 1. The van der Waals surface area contributed by atoms with E-state index in [2.05, 4.69) is 26.1 Å². The van der Waals surface area contributed by atoms with Crippen molar-refractivity contribution in [3.63, 3.8) is 0 Å². The first kappa shape index (κ1) is 13.9. The first-order valence-electron chi connectivity index (χ1n) is 5.53. The van der Waals surface area contributed by atoms with E-state index in [4.69, 9.17) is 9.47 Å². The van der Waals surface area contributed by atoms with Gasteiger partial charge in [0.1, 0.15) is 0 Å². The monoisotopic (exact) mass is 203 g/mol. The van der Waals surface area contributed by atoms with Crippen LogP contribution in [-0.2, 0) is 9.47 Å². The van der Waals surface area contributed by atoms with Crippen LogP contribution >= 0.6 is 0 Å². The summed E-state index contributed by atoms with van der Waals surface area (Å²) in [5.74, 6) is 0.607. The van der Waals surface area contributed by atoms with Crippen molar-refractivity contribution in [1.82, 2.24) is 5.32 Å². The molecule has 3 nitrogen and oxygen atoms in total. The lowest BCUT2D eigenvalue weighted by molar-refractivity contribution is 0.0307. The maximum absolute atomic E-state index is 5.47. The van der Waals surface area contributed by atoms with Crippen LogP contribution in [0.25, 0.3) is 0 Å². The number of likely N-dealkylation sites (N-methyl/N-ethyl adjacent to an activating group) is 1. The van der Waals surface area contributed by atoms with E-state index in [-0.39, 0.29) is 0 Å². The fourth-order valence-electron chi connectivity index (χ4n) is 1.07. The molecule has 0 aliphatic carbocycles. The predicted molar refractivity (Wildman–Crippen MR) is 59.6 cm³/mol. The molecule has 0 aromatic carbocycles. The summed E-state index contributed by atoms with van der Waals surface area (Å²) in [7, 11) is 1.97. The van der Waals surface area contributed by atoms with Gasteiger partial charge in [-0.3, -0.25) is 0 Å². The molecule has 1 atom stereocenters. The van der Waals surface area contributed by atoms with Gasteiger partial charge in [-0.15, -0.1) is 0 Å². The summed E-state index contributed by atoms with van der Waals surface area (Å²) < 4.78 is 10.9. The standard InChI is InChI=1S/C11H25NO2/c1-5-11(12-4)9-14-7-6-13-8-10(2)3/h10-12H,5-9H2,1-4H3. The lowest BCUT2D eigenvalue weighted by Crippen LogP contribution is -2.30. The number of ether oxygens (including phenoxy) is 2. The van der Waals surface area contributed by atoms with E-state index in [1.54, 1.807) is 0 Å². The van der Waals surface area contributed by atoms with Gasteiger partial charge in [0.25, 0.3) is 0 Å². The lowest BCUT2D eigenvalue weighted by Gasteiger charge is -2.14. The molecule has 0 amide bonds. The van der Waals surface area contributed by atoms with E-state index in [1.807, 2.05) is 7.05 Å². The molecule has 86 valence electrons. The zero-order chi connectivity index (χ0) is 10.8. The minimum atomic E-state index is 0.472. The largest absolute Gasteiger partial charge is 0.379 e. The van der Waals surface area contributed by atoms with Crippen molar-refractivity contribution >= 4 is 0 Å². The molecule has 0 bridgehead atoms. The Morgan fingerprint density at radius 1 is 1.07 bits per heavy atom. The zero-order valence-electron chi connectivity index (χ0n) is 10.0. The maximum Gasteiger partial charge on any atom is 0.0701 e. The van der Waals surface area contributed by atoms with Crippen LogP contribution in [0, 0.1) is 5.92 Å². The Bertz CT molecular complexity index is 114. The third kappa shape index (κ3) is 8.48. The van der Waals surface area contributed by atoms with Crippen LogP contribution in [0.4, 0.5) is 0 Å². The van der Waals surface area contributed by atoms with E-state index < -0.39 is 0 Å². The molecule has 0 saturated carbocycles. The molecule has 0 aliphatic heterocycles. The highest BCUT2D eigenvalue weighted by molar-refractivity contribution is 4.59. The van der Waals surface area contributed by atoms with Crippen LogP contribution in [0.15, 0.2) is 0 Å². The second kappa shape index (κ2) is 9.44. The first-order valence-corrected chi connectivity index (χ1v) is 5.53. The van der Waals surface area contributed by atoms with Gasteiger partial charge in [0.2, 0.25) is 0 Å². The molecule has 3 heteroatoms. The Morgan fingerprint density at radius 3 is 2.07 bits per heavy atom. The normalized spacial score (nSPS) is 13.5. The van der Waals surface area contributed by atoms with Gasteiger partial charge < -0.3 is 14.8 Å². The quantitative estimate of drug-likeness (QED) is 0.578. The van der Waals surface area contributed by atoms with Gasteiger partial charge >= 0.3 is 0 Å². The van der Waals surface area contributed by atoms with Crippen molar-refractivity contribution < 1.29 is 9.47 Å². The Balaban J connectivity index is 3.12. The Kier molecular flexibility index (Phi) is 9.35. The molecule has 0 aliphatic rings. The Labute approximate surface area is 88.2 Å². The van der Waals surface area contributed by atoms with Gasteiger partial charge in [0.15, 0.2) is 0 Å². The second-order valence-corrected chi connectivity index (χ2v) is 3.94. The van der Waals surface area contributed by atoms with Crippen LogP contribution in [0.5, 0.6) is 0 Å². The second-order valence-electron chi connectivity index (χ2n) is 3.94. The number of hydrogen-bond donors (Lipinski definition) is 1. The van der Waals surface area contributed by atoms with Gasteiger partial charge in [-0.05, 0) is 19.4 Å². The molecule has 0 heterocycles. The van der Waals surface area contributed by atoms with Crippen molar-refractivity contribution in [3.8, 4) is 0 Å². The summed E-state index contributed by atoms with van der Waals surface area (Å²) in [6.07, 6.45) is 1.10. The molecule has 0 rings (SSSR count). The van der Waals surface area contributed by atoms with E-state index >= 15 is 0 Å². The molecule has 0 saturated heterocycles. The maximum atomic E-state index is 5.47. The van der Waals surface area contributed by atoms with E-state index in [0.29, 0.717) is 25.2 Å². The van der Waals surface area contributed by atoms with Crippen LogP contribution in [0.2, 0.25) is 0 Å². The highest BCUT2D eigenvalue weighted by atomic mass is 16.5. The minimum absolute atomic E-state index is 0.472. The zero-order valence-corrected chi connectivity index (χ0v) is 10.0. The fourth-order valence-corrected chi connectivity index (χ4v) is 1.07. The van der Waals surface area contributed by atoms with Crippen molar-refractivity contribution in [2.75, 3.05) is 33.5 Å². The van der Waals surface area contributed by atoms with E-state index in [0.717, 1.165) is 19.6 Å². The molecule has 0 aromatic heterocycles. The summed E-state index contributed by atoms with van der Waals surface area (Å²) in [4.78, 5) is 0. The topological polar surface area (TPSA) is 30.5 Å². The Hall–Kier alpha value is -0.120. The molecule has 0 radical (unpaired) electrons. The molecular formula is C11H25NO2. The highest BCUT2D eigenvalue weighted by Crippen LogP contribution is 1.93. The van der Waals surface area contributed by atoms with Gasteiger partial charge in [0, 0.05) is 12.6 Å². The van der Waals surface area contributed by atoms with Gasteiger partial charge in [-0.25, -0.2) is 0 Å². The molecule has 0 spiro atoms. The van der Waals surface area contributed by atoms with Gasteiger partial charge in [0.05, 0.1) is 19.8 Å². The van der Waals surface area contributed by atoms with Gasteiger partial charge in [-0.2, -0.15) is 0 Å². The Morgan fingerprint density at radius 2 is 1.64 bits per heavy atom. The van der Waals surface area contributed by atoms with Crippen LogP contribution in [0.1, 0.15) is 27.2 Å². The van der Waals surface area contributed by atoms with Gasteiger partial charge in [-0.1, -0.05) is 20.8 Å². The van der Waals surface area contributed by atoms with Crippen LogP contribution in [0.3, 0.4) is 0 Å². The average molecular weight is 203 g/mol. The highest BCUT2D eigenvalue weighted by Gasteiger charge is 2.01. The molecular weight excluding hydrogens is 178 g/mol. The van der Waals surface area contributed by atoms with Crippen molar-refractivity contribution in [2.24, 2.45) is 5.92 Å². The van der Waals surface area contributed by atoms with Crippen molar-refractivity contribution in [3.05, 3.63) is 0 Å². The smallest absolute Gasteiger partial charge is 0.0701 e. The fraction of sp³-hybridized carbons (Fsp3) is 1.00. The summed E-state index contributed by atoms with van der Waals surface area (Å²) in [6, 6.07) is 0.472. The summed E-state index contributed by atoms with van der Waals surface area (Å²) in [5, 5.41) is 3.20. The van der Waals surface area contributed by atoms with E-state index in [9.17, 15) is 0 Å². The predicted octanol–water partition coefficient (Wildman–Crippen LogP) is 1.67. The van der Waals surface area contributed by atoms with Crippen LogP contribution < -0.4 is 5.32 Å². The number of hydrogen-bond acceptors (Lipinski definition) is 3. The first-order chi connectivity index (χ1) is 6.70. The van der Waals surface area contributed by atoms with E-state index in [1.165, 1.54) is 0 Å². The molecule has 1 unspecified atom stereocenters. The third-order valence-electron chi connectivity index (χ3n) is 2.04.